The smallest absolute Gasteiger partial charge is 0.0908 e. The van der Waals surface area contributed by atoms with Gasteiger partial charge in [-0.05, 0) is 32.6 Å². The Kier molecular flexibility index (Phi) is 9.65. The van der Waals surface area contributed by atoms with Crippen molar-refractivity contribution in [3.8, 4) is 6.07 Å². The summed E-state index contributed by atoms with van der Waals surface area (Å²) in [5.41, 5.74) is 0. The Labute approximate surface area is 81.1 Å². The predicted molar refractivity (Wildman–Crippen MR) is 57.2 cm³/mol. The lowest BCUT2D eigenvalue weighted by molar-refractivity contribution is 0.762. The number of unbranched alkanes of at least 4 members (excludes halogenated alkanes) is 3. The third kappa shape index (κ3) is 10.7. The fraction of sp³-hybridized carbons (Fsp3) is 0.417. The standard InChI is InChI=1S/C12H17N/c1-2-3-4-5-6-7-8-9-10-11-12-13/h2-5,10-11H,6-9H2,1H3/b3-2+,5-4+,11-10+. The van der Waals surface area contributed by atoms with Crippen LogP contribution in [0.1, 0.15) is 32.6 Å². The van der Waals surface area contributed by atoms with Crippen LogP contribution < -0.4 is 0 Å². The van der Waals surface area contributed by atoms with Gasteiger partial charge < -0.3 is 0 Å². The van der Waals surface area contributed by atoms with Crippen molar-refractivity contribution in [3.63, 3.8) is 0 Å². The molecule has 13 heavy (non-hydrogen) atoms. The van der Waals surface area contributed by atoms with E-state index in [-0.39, 0.29) is 0 Å². The fourth-order valence-corrected chi connectivity index (χ4v) is 0.946. The monoisotopic (exact) mass is 175 g/mol. The molecule has 0 unspecified atom stereocenters. The van der Waals surface area contributed by atoms with Gasteiger partial charge in [0, 0.05) is 6.08 Å². The van der Waals surface area contributed by atoms with E-state index in [0.717, 1.165) is 12.8 Å². The first kappa shape index (κ1) is 11.7. The van der Waals surface area contributed by atoms with Gasteiger partial charge in [0.25, 0.3) is 0 Å². The van der Waals surface area contributed by atoms with Crippen LogP contribution in [0.15, 0.2) is 36.5 Å². The van der Waals surface area contributed by atoms with Crippen LogP contribution in [0, 0.1) is 11.3 Å². The van der Waals surface area contributed by atoms with E-state index >= 15 is 0 Å². The van der Waals surface area contributed by atoms with Crippen LogP contribution >= 0.6 is 0 Å². The number of hydrogen-bond acceptors (Lipinski definition) is 1. The molecule has 0 aliphatic carbocycles. The molecule has 0 atom stereocenters. The number of hydrogen-bond donors (Lipinski definition) is 0. The van der Waals surface area contributed by atoms with E-state index in [2.05, 4.69) is 12.2 Å². The van der Waals surface area contributed by atoms with Gasteiger partial charge in [0.05, 0.1) is 6.07 Å². The summed E-state index contributed by atoms with van der Waals surface area (Å²) < 4.78 is 0. The number of rotatable bonds is 6. The minimum atomic E-state index is 1.02. The Balaban J connectivity index is 3.18. The number of allylic oxidation sites excluding steroid dienone is 6. The molecule has 0 aliphatic heterocycles. The molecule has 0 radical (unpaired) electrons. The van der Waals surface area contributed by atoms with E-state index < -0.39 is 0 Å². The minimum Gasteiger partial charge on any atom is -0.193 e. The second kappa shape index (κ2) is 10.7. The molecule has 0 aromatic carbocycles. The zero-order valence-corrected chi connectivity index (χ0v) is 8.24. The highest BCUT2D eigenvalue weighted by molar-refractivity contribution is 5.02. The maximum Gasteiger partial charge on any atom is 0.0908 e. The van der Waals surface area contributed by atoms with Crippen molar-refractivity contribution in [2.75, 3.05) is 0 Å². The lowest BCUT2D eigenvalue weighted by atomic mass is 10.2. The number of nitrogens with zero attached hydrogens (tertiary/aromatic N) is 1. The molecular formula is C12H17N. The molecule has 1 nitrogen and oxygen atoms in total. The van der Waals surface area contributed by atoms with E-state index in [0.29, 0.717) is 0 Å². The molecule has 0 N–H and O–H groups in total. The van der Waals surface area contributed by atoms with Crippen molar-refractivity contribution in [1.82, 2.24) is 0 Å². The van der Waals surface area contributed by atoms with Gasteiger partial charge in [-0.15, -0.1) is 0 Å². The van der Waals surface area contributed by atoms with Crippen molar-refractivity contribution in [2.45, 2.75) is 32.6 Å². The van der Waals surface area contributed by atoms with Gasteiger partial charge in [0.1, 0.15) is 0 Å². The van der Waals surface area contributed by atoms with Gasteiger partial charge in [-0.25, -0.2) is 0 Å². The Morgan fingerprint density at radius 2 is 1.77 bits per heavy atom. The van der Waals surface area contributed by atoms with E-state index in [4.69, 9.17) is 5.26 Å². The molecule has 0 saturated heterocycles. The molecule has 0 aliphatic rings. The van der Waals surface area contributed by atoms with Crippen LogP contribution in [0.25, 0.3) is 0 Å². The summed E-state index contributed by atoms with van der Waals surface area (Å²) in [7, 11) is 0. The van der Waals surface area contributed by atoms with Gasteiger partial charge in [-0.3, -0.25) is 0 Å². The Bertz CT molecular complexity index is 216. The molecule has 0 spiro atoms. The summed E-state index contributed by atoms with van der Waals surface area (Å²) in [6.45, 7) is 2.01. The van der Waals surface area contributed by atoms with Crippen LogP contribution in [0.4, 0.5) is 0 Å². The van der Waals surface area contributed by atoms with Crippen molar-refractivity contribution in [3.05, 3.63) is 36.5 Å². The van der Waals surface area contributed by atoms with Crippen LogP contribution in [0.5, 0.6) is 0 Å². The van der Waals surface area contributed by atoms with Crippen molar-refractivity contribution in [2.24, 2.45) is 0 Å². The van der Waals surface area contributed by atoms with Crippen LogP contribution in [0.3, 0.4) is 0 Å². The quantitative estimate of drug-likeness (QED) is 0.342. The maximum atomic E-state index is 8.21. The van der Waals surface area contributed by atoms with Crippen LogP contribution in [-0.4, -0.2) is 0 Å². The largest absolute Gasteiger partial charge is 0.193 e. The van der Waals surface area contributed by atoms with Gasteiger partial charge in [-0.2, -0.15) is 5.26 Å². The van der Waals surface area contributed by atoms with Gasteiger partial charge in [-0.1, -0.05) is 30.4 Å². The van der Waals surface area contributed by atoms with E-state index in [1.54, 1.807) is 6.08 Å². The molecule has 70 valence electrons. The Morgan fingerprint density at radius 1 is 1.08 bits per heavy atom. The summed E-state index contributed by atoms with van der Waals surface area (Å²) in [5.74, 6) is 0. The average molecular weight is 175 g/mol. The Hall–Kier alpha value is -1.29. The van der Waals surface area contributed by atoms with Crippen LogP contribution in [0.2, 0.25) is 0 Å². The SMILES string of the molecule is C/C=C/C=C/CCCC/C=C/C#N. The van der Waals surface area contributed by atoms with Crippen molar-refractivity contribution in [1.29, 1.82) is 5.26 Å². The number of nitriles is 1. The highest BCUT2D eigenvalue weighted by Gasteiger charge is 1.82. The molecular weight excluding hydrogens is 158 g/mol. The highest BCUT2D eigenvalue weighted by Crippen LogP contribution is 2.01. The first-order valence-corrected chi connectivity index (χ1v) is 4.74. The molecule has 0 rings (SSSR count). The highest BCUT2D eigenvalue weighted by atomic mass is 14.2. The van der Waals surface area contributed by atoms with Gasteiger partial charge >= 0.3 is 0 Å². The van der Waals surface area contributed by atoms with Gasteiger partial charge in [0.15, 0.2) is 0 Å². The topological polar surface area (TPSA) is 23.8 Å². The van der Waals surface area contributed by atoms with E-state index in [1.165, 1.54) is 12.8 Å². The zero-order chi connectivity index (χ0) is 9.78. The third-order valence-corrected chi connectivity index (χ3v) is 1.62. The summed E-state index contributed by atoms with van der Waals surface area (Å²) in [6.07, 6.45) is 16.3. The fourth-order valence-electron chi connectivity index (χ4n) is 0.946. The summed E-state index contributed by atoms with van der Waals surface area (Å²) >= 11 is 0. The molecule has 0 fully saturated rings. The first-order valence-electron chi connectivity index (χ1n) is 4.74. The van der Waals surface area contributed by atoms with Crippen LogP contribution in [-0.2, 0) is 0 Å². The second-order valence-electron chi connectivity index (χ2n) is 2.77. The zero-order valence-electron chi connectivity index (χ0n) is 8.24. The summed E-state index contributed by atoms with van der Waals surface area (Å²) in [4.78, 5) is 0. The molecule has 0 saturated carbocycles. The minimum absolute atomic E-state index is 1.02. The lowest BCUT2D eigenvalue weighted by Gasteiger charge is -1.90. The molecule has 0 bridgehead atoms. The average Bonchev–Trinajstić information content (AvgIpc) is 2.16. The molecule has 0 heterocycles. The lowest BCUT2D eigenvalue weighted by Crippen LogP contribution is -1.71. The normalized spacial score (nSPS) is 11.7. The summed E-state index contributed by atoms with van der Waals surface area (Å²) in [6, 6.07) is 1.98. The molecule has 0 aromatic rings. The van der Waals surface area contributed by atoms with Crippen molar-refractivity contribution >= 4 is 0 Å². The molecule has 0 amide bonds. The van der Waals surface area contributed by atoms with Crippen molar-refractivity contribution < 1.29 is 0 Å². The maximum absolute atomic E-state index is 8.21. The first-order chi connectivity index (χ1) is 6.41. The van der Waals surface area contributed by atoms with E-state index in [1.807, 2.05) is 31.2 Å². The Morgan fingerprint density at radius 3 is 2.38 bits per heavy atom. The molecule has 1 heteroatoms. The second-order valence-corrected chi connectivity index (χ2v) is 2.77. The predicted octanol–water partition coefficient (Wildman–Crippen LogP) is 3.76. The van der Waals surface area contributed by atoms with Gasteiger partial charge in [0.2, 0.25) is 0 Å². The molecule has 0 aromatic heterocycles. The summed E-state index contributed by atoms with van der Waals surface area (Å²) in [5, 5.41) is 8.21. The van der Waals surface area contributed by atoms with E-state index in [9.17, 15) is 0 Å². The third-order valence-electron chi connectivity index (χ3n) is 1.62.